The number of carbonyl (C=O) groups is 1. The van der Waals surface area contributed by atoms with Crippen LogP contribution in [0.3, 0.4) is 0 Å². The van der Waals surface area contributed by atoms with E-state index in [9.17, 15) is 4.79 Å². The van der Waals surface area contributed by atoms with E-state index in [0.717, 1.165) is 17.5 Å². The molecule has 0 heterocycles. The fraction of sp³-hybridized carbons (Fsp3) is 0.348. The lowest BCUT2D eigenvalue weighted by Crippen LogP contribution is -1.94. The van der Waals surface area contributed by atoms with Gasteiger partial charge in [0, 0.05) is 9.13 Å². The SMILES string of the molecule is CCCCCCCCc1cc(C=CC(=O)c2ccccc2)ccc1I. The zero-order valence-electron chi connectivity index (χ0n) is 15.0. The quantitative estimate of drug-likeness (QED) is 0.165. The Bertz CT molecular complexity index is 688. The Hall–Kier alpha value is -1.42. The van der Waals surface area contributed by atoms with Crippen molar-refractivity contribution < 1.29 is 4.79 Å². The van der Waals surface area contributed by atoms with Crippen LogP contribution in [-0.2, 0) is 6.42 Å². The molecule has 25 heavy (non-hydrogen) atoms. The van der Waals surface area contributed by atoms with Crippen LogP contribution in [0.4, 0.5) is 0 Å². The molecule has 0 radical (unpaired) electrons. The largest absolute Gasteiger partial charge is 0.289 e. The summed E-state index contributed by atoms with van der Waals surface area (Å²) >= 11 is 2.41. The highest BCUT2D eigenvalue weighted by molar-refractivity contribution is 14.1. The number of aryl methyl sites for hydroxylation is 1. The molecule has 2 heteroatoms. The molecule has 1 nitrogen and oxygen atoms in total. The lowest BCUT2D eigenvalue weighted by atomic mass is 10.0. The van der Waals surface area contributed by atoms with Gasteiger partial charge < -0.3 is 0 Å². The first kappa shape index (κ1) is 19.9. The lowest BCUT2D eigenvalue weighted by molar-refractivity contribution is 0.104. The van der Waals surface area contributed by atoms with E-state index in [4.69, 9.17) is 0 Å². The molecular formula is C23H27IO. The van der Waals surface area contributed by atoms with Crippen LogP contribution < -0.4 is 0 Å². The molecule has 0 atom stereocenters. The van der Waals surface area contributed by atoms with Gasteiger partial charge in [-0.05, 0) is 58.7 Å². The summed E-state index contributed by atoms with van der Waals surface area (Å²) in [6, 6.07) is 15.9. The summed E-state index contributed by atoms with van der Waals surface area (Å²) in [7, 11) is 0. The Morgan fingerprint density at radius 2 is 1.68 bits per heavy atom. The number of allylic oxidation sites excluding steroid dienone is 1. The van der Waals surface area contributed by atoms with Crippen molar-refractivity contribution in [2.75, 3.05) is 0 Å². The maximum absolute atomic E-state index is 12.2. The Morgan fingerprint density at radius 1 is 0.960 bits per heavy atom. The van der Waals surface area contributed by atoms with E-state index in [0.29, 0.717) is 0 Å². The molecule has 132 valence electrons. The van der Waals surface area contributed by atoms with Gasteiger partial charge in [-0.1, -0.05) is 87.6 Å². The third-order valence-corrected chi connectivity index (χ3v) is 5.41. The fourth-order valence-corrected chi connectivity index (χ4v) is 3.46. The highest BCUT2D eigenvalue weighted by Gasteiger charge is 2.03. The van der Waals surface area contributed by atoms with Crippen molar-refractivity contribution in [3.8, 4) is 0 Å². The number of halogens is 1. The summed E-state index contributed by atoms with van der Waals surface area (Å²) in [5.41, 5.74) is 3.23. The Labute approximate surface area is 165 Å². The molecule has 0 saturated carbocycles. The highest BCUT2D eigenvalue weighted by atomic mass is 127. The van der Waals surface area contributed by atoms with Gasteiger partial charge in [0.2, 0.25) is 0 Å². The molecule has 2 aromatic rings. The predicted molar refractivity (Wildman–Crippen MR) is 116 cm³/mol. The zero-order valence-corrected chi connectivity index (χ0v) is 17.2. The molecule has 0 unspecified atom stereocenters. The van der Waals surface area contributed by atoms with E-state index in [1.54, 1.807) is 6.08 Å². The number of ketones is 1. The van der Waals surface area contributed by atoms with Crippen molar-refractivity contribution in [3.05, 3.63) is 74.9 Å². The average Bonchev–Trinajstić information content (AvgIpc) is 2.65. The molecule has 0 N–H and O–H groups in total. The first-order valence-corrected chi connectivity index (χ1v) is 10.3. The van der Waals surface area contributed by atoms with Crippen LogP contribution in [0.1, 0.15) is 66.9 Å². The monoisotopic (exact) mass is 446 g/mol. The second-order valence-corrected chi connectivity index (χ2v) is 7.59. The summed E-state index contributed by atoms with van der Waals surface area (Å²) < 4.78 is 1.32. The van der Waals surface area contributed by atoms with Crippen LogP contribution in [-0.4, -0.2) is 5.78 Å². The van der Waals surface area contributed by atoms with Gasteiger partial charge in [0.05, 0.1) is 0 Å². The summed E-state index contributed by atoms with van der Waals surface area (Å²) in [4.78, 5) is 12.2. The minimum absolute atomic E-state index is 0.0524. The Balaban J connectivity index is 1.91. The molecule has 0 spiro atoms. The van der Waals surface area contributed by atoms with Crippen molar-refractivity contribution in [3.63, 3.8) is 0 Å². The zero-order chi connectivity index (χ0) is 17.9. The van der Waals surface area contributed by atoms with E-state index in [1.165, 1.54) is 47.7 Å². The van der Waals surface area contributed by atoms with Crippen molar-refractivity contribution in [1.82, 2.24) is 0 Å². The highest BCUT2D eigenvalue weighted by Crippen LogP contribution is 2.19. The van der Waals surface area contributed by atoms with Gasteiger partial charge in [-0.25, -0.2) is 0 Å². The molecule has 0 aliphatic heterocycles. The van der Waals surface area contributed by atoms with Crippen LogP contribution in [0.2, 0.25) is 0 Å². The minimum atomic E-state index is 0.0524. The van der Waals surface area contributed by atoms with E-state index >= 15 is 0 Å². The molecule has 2 rings (SSSR count). The predicted octanol–water partition coefficient (Wildman–Crippen LogP) is 7.09. The van der Waals surface area contributed by atoms with Crippen LogP contribution >= 0.6 is 22.6 Å². The second-order valence-electron chi connectivity index (χ2n) is 6.43. The summed E-state index contributed by atoms with van der Waals surface area (Å²) in [5, 5.41) is 0. The van der Waals surface area contributed by atoms with Crippen LogP contribution in [0.25, 0.3) is 6.08 Å². The van der Waals surface area contributed by atoms with Crippen LogP contribution in [0.5, 0.6) is 0 Å². The van der Waals surface area contributed by atoms with Gasteiger partial charge in [-0.2, -0.15) is 0 Å². The van der Waals surface area contributed by atoms with E-state index in [-0.39, 0.29) is 5.78 Å². The number of carbonyl (C=O) groups excluding carboxylic acids is 1. The first-order valence-electron chi connectivity index (χ1n) is 9.26. The molecule has 0 fully saturated rings. The Morgan fingerprint density at radius 3 is 2.44 bits per heavy atom. The molecule has 0 saturated heterocycles. The van der Waals surface area contributed by atoms with Gasteiger partial charge in [0.25, 0.3) is 0 Å². The van der Waals surface area contributed by atoms with Gasteiger partial charge in [0.1, 0.15) is 0 Å². The van der Waals surface area contributed by atoms with Crippen molar-refractivity contribution in [1.29, 1.82) is 0 Å². The van der Waals surface area contributed by atoms with Crippen LogP contribution in [0, 0.1) is 3.57 Å². The van der Waals surface area contributed by atoms with Gasteiger partial charge >= 0.3 is 0 Å². The smallest absolute Gasteiger partial charge is 0.185 e. The molecule has 0 bridgehead atoms. The fourth-order valence-electron chi connectivity index (χ4n) is 2.86. The maximum Gasteiger partial charge on any atom is 0.185 e. The summed E-state index contributed by atoms with van der Waals surface area (Å²) in [5.74, 6) is 0.0524. The number of hydrogen-bond acceptors (Lipinski definition) is 1. The number of benzene rings is 2. The van der Waals surface area contributed by atoms with Crippen molar-refractivity contribution in [2.24, 2.45) is 0 Å². The molecule has 2 aromatic carbocycles. The number of rotatable bonds is 10. The first-order chi connectivity index (χ1) is 12.2. The molecule has 0 amide bonds. The molecule has 0 aromatic heterocycles. The van der Waals surface area contributed by atoms with E-state index < -0.39 is 0 Å². The van der Waals surface area contributed by atoms with E-state index in [2.05, 4.69) is 47.7 Å². The van der Waals surface area contributed by atoms with Gasteiger partial charge in [0.15, 0.2) is 5.78 Å². The normalized spacial score (nSPS) is 11.1. The maximum atomic E-state index is 12.2. The average molecular weight is 446 g/mol. The third-order valence-electron chi connectivity index (χ3n) is 4.35. The molecule has 0 aliphatic rings. The van der Waals surface area contributed by atoms with Crippen molar-refractivity contribution >= 4 is 34.5 Å². The topological polar surface area (TPSA) is 17.1 Å². The summed E-state index contributed by atoms with van der Waals surface area (Å²) in [6.45, 7) is 2.25. The standard InChI is InChI=1S/C23H27IO/c1-2-3-4-5-6-8-13-21-18-19(14-16-22(21)24)15-17-23(25)20-11-9-7-10-12-20/h7,9-12,14-18H,2-6,8,13H2,1H3. The van der Waals surface area contributed by atoms with E-state index in [1.807, 2.05) is 36.4 Å². The van der Waals surface area contributed by atoms with Crippen molar-refractivity contribution in [2.45, 2.75) is 51.9 Å². The number of unbranched alkanes of at least 4 members (excludes halogenated alkanes) is 5. The lowest BCUT2D eigenvalue weighted by Gasteiger charge is -2.06. The molecular weight excluding hydrogens is 419 g/mol. The number of hydrogen-bond donors (Lipinski definition) is 0. The second kappa shape index (κ2) is 11.2. The van der Waals surface area contributed by atoms with Gasteiger partial charge in [-0.3, -0.25) is 4.79 Å². The minimum Gasteiger partial charge on any atom is -0.289 e. The Kier molecular flexibility index (Phi) is 8.95. The third kappa shape index (κ3) is 7.15. The van der Waals surface area contributed by atoms with Gasteiger partial charge in [-0.15, -0.1) is 0 Å². The van der Waals surface area contributed by atoms with Crippen LogP contribution in [0.15, 0.2) is 54.6 Å². The summed E-state index contributed by atoms with van der Waals surface area (Å²) in [6.07, 6.45) is 12.6. The molecule has 0 aliphatic carbocycles.